The predicted molar refractivity (Wildman–Crippen MR) is 72.7 cm³/mol. The Kier molecular flexibility index (Phi) is 3.02. The Hall–Kier alpha value is -0.0900. The Bertz CT molecular complexity index is 394. The summed E-state index contributed by atoms with van der Waals surface area (Å²) in [4.78, 5) is 0. The van der Waals surface area contributed by atoms with Crippen LogP contribution in [0.3, 0.4) is 0 Å². The van der Waals surface area contributed by atoms with Crippen LogP contribution >= 0.6 is 0 Å². The molecule has 0 heterocycles. The van der Waals surface area contributed by atoms with Gasteiger partial charge in [0.05, 0.1) is 5.75 Å². The molecule has 1 unspecified atom stereocenters. The van der Waals surface area contributed by atoms with E-state index in [1.54, 1.807) is 6.92 Å². The number of hydrogen-bond acceptors (Lipinski definition) is 2. The van der Waals surface area contributed by atoms with Crippen molar-refractivity contribution in [3.8, 4) is 0 Å². The van der Waals surface area contributed by atoms with Crippen molar-refractivity contribution in [2.45, 2.75) is 58.4 Å². The summed E-state index contributed by atoms with van der Waals surface area (Å²) >= 11 is 0. The van der Waals surface area contributed by atoms with Gasteiger partial charge in [-0.05, 0) is 75.5 Å². The van der Waals surface area contributed by atoms with Crippen LogP contribution in [0.25, 0.3) is 0 Å². The second kappa shape index (κ2) is 4.20. The largest absolute Gasteiger partial charge is 0.212 e. The first-order valence-electron chi connectivity index (χ1n) is 7.42. The summed E-state index contributed by atoms with van der Waals surface area (Å²) in [5.41, 5.74) is 0.275. The molecule has 0 radical (unpaired) electrons. The van der Waals surface area contributed by atoms with Crippen LogP contribution in [0.15, 0.2) is 0 Å². The Balaban J connectivity index is 1.79. The van der Waals surface area contributed by atoms with Gasteiger partial charge in [-0.1, -0.05) is 0 Å². The van der Waals surface area contributed by atoms with Gasteiger partial charge in [0.25, 0.3) is 0 Å². The van der Waals surface area contributed by atoms with Gasteiger partial charge in [0.2, 0.25) is 10.0 Å². The van der Waals surface area contributed by atoms with Crippen LogP contribution in [-0.4, -0.2) is 20.2 Å². The van der Waals surface area contributed by atoms with Crippen molar-refractivity contribution in [3.63, 3.8) is 0 Å². The number of hydrogen-bond donors (Lipinski definition) is 1. The van der Waals surface area contributed by atoms with Crippen molar-refractivity contribution in [3.05, 3.63) is 0 Å². The van der Waals surface area contributed by atoms with E-state index in [1.807, 2.05) is 0 Å². The van der Waals surface area contributed by atoms with Crippen LogP contribution in [0.5, 0.6) is 0 Å². The molecule has 18 heavy (non-hydrogen) atoms. The molecule has 4 aliphatic rings. The second-order valence-electron chi connectivity index (χ2n) is 7.02. The van der Waals surface area contributed by atoms with Crippen LogP contribution in [0.2, 0.25) is 0 Å². The van der Waals surface area contributed by atoms with Gasteiger partial charge >= 0.3 is 0 Å². The summed E-state index contributed by atoms with van der Waals surface area (Å²) in [6.07, 6.45) is 8.00. The first-order chi connectivity index (χ1) is 8.42. The molecule has 0 spiro atoms. The molecule has 4 heteroatoms. The number of rotatable bonds is 4. The Morgan fingerprint density at radius 1 is 1.11 bits per heavy atom. The van der Waals surface area contributed by atoms with E-state index in [1.165, 1.54) is 38.5 Å². The molecule has 0 aromatic heterocycles. The highest BCUT2D eigenvalue weighted by molar-refractivity contribution is 7.89. The predicted octanol–water partition coefficient (Wildman–Crippen LogP) is 2.53. The zero-order chi connectivity index (χ0) is 13.0. The fourth-order valence-electron chi connectivity index (χ4n) is 5.19. The van der Waals surface area contributed by atoms with E-state index >= 15 is 0 Å². The molecule has 1 atom stereocenters. The summed E-state index contributed by atoms with van der Waals surface area (Å²) in [5.74, 6) is 2.84. The molecule has 104 valence electrons. The maximum atomic E-state index is 11.8. The molecule has 1 N–H and O–H groups in total. The molecule has 0 saturated heterocycles. The normalized spacial score (nSPS) is 44.2. The Morgan fingerprint density at radius 3 is 1.94 bits per heavy atom. The van der Waals surface area contributed by atoms with Crippen LogP contribution < -0.4 is 4.72 Å². The summed E-state index contributed by atoms with van der Waals surface area (Å²) < 4.78 is 26.5. The minimum absolute atomic E-state index is 0.121. The maximum Gasteiger partial charge on any atom is 0.211 e. The first-order valence-corrected chi connectivity index (χ1v) is 9.08. The smallest absolute Gasteiger partial charge is 0.211 e. The van der Waals surface area contributed by atoms with E-state index in [0.29, 0.717) is 0 Å². The van der Waals surface area contributed by atoms with Crippen LogP contribution in [0.4, 0.5) is 0 Å². The lowest BCUT2D eigenvalue weighted by Crippen LogP contribution is -2.55. The molecule has 4 saturated carbocycles. The molecule has 4 bridgehead atoms. The Morgan fingerprint density at radius 2 is 1.56 bits per heavy atom. The van der Waals surface area contributed by atoms with Gasteiger partial charge in [-0.25, -0.2) is 13.1 Å². The van der Waals surface area contributed by atoms with E-state index < -0.39 is 10.0 Å². The third-order valence-corrected chi connectivity index (χ3v) is 7.21. The van der Waals surface area contributed by atoms with Gasteiger partial charge < -0.3 is 0 Å². The monoisotopic (exact) mass is 271 g/mol. The van der Waals surface area contributed by atoms with E-state index in [-0.39, 0.29) is 17.2 Å². The average Bonchev–Trinajstić information content (AvgIpc) is 2.26. The topological polar surface area (TPSA) is 46.2 Å². The molecule has 0 aromatic carbocycles. The SMILES string of the molecule is CCS(=O)(=O)NC(C)C12CC3CC(CC(C3)C1)C2. The van der Waals surface area contributed by atoms with Crippen molar-refractivity contribution in [1.82, 2.24) is 4.72 Å². The lowest BCUT2D eigenvalue weighted by molar-refractivity contribution is -0.0665. The molecule has 4 aliphatic carbocycles. The van der Waals surface area contributed by atoms with Gasteiger partial charge in [0, 0.05) is 6.04 Å². The zero-order valence-corrected chi connectivity index (χ0v) is 12.3. The molecule has 0 amide bonds. The minimum Gasteiger partial charge on any atom is -0.212 e. The van der Waals surface area contributed by atoms with Crippen molar-refractivity contribution >= 4 is 10.0 Å². The van der Waals surface area contributed by atoms with E-state index in [4.69, 9.17) is 0 Å². The minimum atomic E-state index is -3.06. The molecular formula is C14H25NO2S. The van der Waals surface area contributed by atoms with Gasteiger partial charge in [-0.15, -0.1) is 0 Å². The third-order valence-electron chi connectivity index (χ3n) is 5.74. The van der Waals surface area contributed by atoms with E-state index in [0.717, 1.165) is 17.8 Å². The molecule has 0 aromatic rings. The summed E-state index contributed by atoms with van der Waals surface area (Å²) in [6, 6.07) is 0.121. The van der Waals surface area contributed by atoms with E-state index in [2.05, 4.69) is 11.6 Å². The lowest BCUT2D eigenvalue weighted by atomic mass is 9.48. The molecule has 3 nitrogen and oxygen atoms in total. The van der Waals surface area contributed by atoms with E-state index in [9.17, 15) is 8.42 Å². The third kappa shape index (κ3) is 2.11. The van der Waals surface area contributed by atoms with Crippen molar-refractivity contribution in [1.29, 1.82) is 0 Å². The van der Waals surface area contributed by atoms with Crippen LogP contribution in [0.1, 0.15) is 52.4 Å². The van der Waals surface area contributed by atoms with Crippen LogP contribution in [0, 0.1) is 23.2 Å². The van der Waals surface area contributed by atoms with Gasteiger partial charge in [0.1, 0.15) is 0 Å². The molecule has 4 rings (SSSR count). The van der Waals surface area contributed by atoms with Crippen molar-refractivity contribution in [2.24, 2.45) is 23.2 Å². The lowest BCUT2D eigenvalue weighted by Gasteiger charge is -2.59. The highest BCUT2D eigenvalue weighted by Gasteiger charge is 2.53. The van der Waals surface area contributed by atoms with Gasteiger partial charge in [0.15, 0.2) is 0 Å². The maximum absolute atomic E-state index is 11.8. The summed E-state index contributed by atoms with van der Waals surface area (Å²) in [7, 11) is -3.06. The average molecular weight is 271 g/mol. The van der Waals surface area contributed by atoms with Crippen molar-refractivity contribution < 1.29 is 8.42 Å². The van der Waals surface area contributed by atoms with Gasteiger partial charge in [-0.2, -0.15) is 0 Å². The summed E-state index contributed by atoms with van der Waals surface area (Å²) in [6.45, 7) is 3.81. The molecular weight excluding hydrogens is 246 g/mol. The standard InChI is InChI=1S/C14H25NO2S/c1-3-18(16,17)15-10(2)14-7-11-4-12(8-14)6-13(5-11)9-14/h10-13,15H,3-9H2,1-2H3. The number of sulfonamides is 1. The zero-order valence-electron chi connectivity index (χ0n) is 11.5. The highest BCUT2D eigenvalue weighted by atomic mass is 32.2. The molecule has 4 fully saturated rings. The highest BCUT2D eigenvalue weighted by Crippen LogP contribution is 2.61. The number of nitrogens with one attached hydrogen (secondary N) is 1. The first kappa shape index (κ1) is 12.9. The Labute approximate surface area is 111 Å². The van der Waals surface area contributed by atoms with Crippen molar-refractivity contribution in [2.75, 3.05) is 5.75 Å². The summed E-state index contributed by atoms with van der Waals surface area (Å²) in [5, 5.41) is 0. The fourth-order valence-corrected chi connectivity index (χ4v) is 6.14. The quantitative estimate of drug-likeness (QED) is 0.854. The van der Waals surface area contributed by atoms with Gasteiger partial charge in [-0.3, -0.25) is 0 Å². The fraction of sp³-hybridized carbons (Fsp3) is 1.00. The van der Waals surface area contributed by atoms with Crippen LogP contribution in [-0.2, 0) is 10.0 Å². The second-order valence-corrected chi connectivity index (χ2v) is 9.07. The molecule has 0 aliphatic heterocycles.